The van der Waals surface area contributed by atoms with E-state index in [1.165, 1.54) is 30.6 Å². The molecule has 1 aliphatic carbocycles. The third kappa shape index (κ3) is 3.21. The van der Waals surface area contributed by atoms with E-state index in [-0.39, 0.29) is 12.1 Å². The van der Waals surface area contributed by atoms with Crippen molar-refractivity contribution in [2.45, 2.75) is 45.1 Å². The van der Waals surface area contributed by atoms with Crippen molar-refractivity contribution in [3.8, 4) is 0 Å². The van der Waals surface area contributed by atoms with Gasteiger partial charge in [-0.2, -0.15) is 0 Å². The monoisotopic (exact) mass is 303 g/mol. The minimum Gasteiger partial charge on any atom is -0.458 e. The summed E-state index contributed by atoms with van der Waals surface area (Å²) in [7, 11) is 0. The number of esters is 1. The van der Waals surface area contributed by atoms with Crippen LogP contribution in [0.2, 0.25) is 0 Å². The number of carbonyl (C=O) groups is 1. The van der Waals surface area contributed by atoms with E-state index < -0.39 is 0 Å². The Labute approximate surface area is 129 Å². The molecule has 112 valence electrons. The summed E-state index contributed by atoms with van der Waals surface area (Å²) in [4.78, 5) is 13.0. The Kier molecular flexibility index (Phi) is 4.15. The van der Waals surface area contributed by atoms with E-state index in [0.29, 0.717) is 10.8 Å². The first kappa shape index (κ1) is 14.4. The Morgan fingerprint density at radius 3 is 3.05 bits per heavy atom. The van der Waals surface area contributed by atoms with E-state index in [9.17, 15) is 4.79 Å². The number of ether oxygens (including phenoxy) is 1. The average Bonchev–Trinajstić information content (AvgIpc) is 2.90. The molecule has 1 fully saturated rings. The standard InChI is InChI=1S/C17H21NO2S/c1-2-11-4-3-5-14(8-11)20-17(19)16-10-12-9-13(18)6-7-15(12)21-16/h6-7,9-11,14H,2-5,8,18H2,1H3. The van der Waals surface area contributed by atoms with E-state index in [2.05, 4.69) is 6.92 Å². The van der Waals surface area contributed by atoms with Crippen LogP contribution in [-0.4, -0.2) is 12.1 Å². The van der Waals surface area contributed by atoms with Gasteiger partial charge in [-0.1, -0.05) is 19.8 Å². The van der Waals surface area contributed by atoms with E-state index in [0.717, 1.165) is 28.6 Å². The average molecular weight is 303 g/mol. The summed E-state index contributed by atoms with van der Waals surface area (Å²) in [6, 6.07) is 7.61. The molecule has 0 spiro atoms. The highest BCUT2D eigenvalue weighted by molar-refractivity contribution is 7.20. The molecule has 0 radical (unpaired) electrons. The fourth-order valence-electron chi connectivity index (χ4n) is 3.09. The molecule has 0 bridgehead atoms. The van der Waals surface area contributed by atoms with Crippen LogP contribution in [-0.2, 0) is 4.74 Å². The molecule has 4 heteroatoms. The highest BCUT2D eigenvalue weighted by atomic mass is 32.1. The van der Waals surface area contributed by atoms with Gasteiger partial charge in [-0.3, -0.25) is 0 Å². The fourth-order valence-corrected chi connectivity index (χ4v) is 4.02. The second kappa shape index (κ2) is 6.06. The minimum absolute atomic E-state index is 0.0893. The summed E-state index contributed by atoms with van der Waals surface area (Å²) in [5.41, 5.74) is 6.50. The van der Waals surface area contributed by atoms with Crippen molar-refractivity contribution in [2.24, 2.45) is 5.92 Å². The molecule has 2 aromatic rings. The van der Waals surface area contributed by atoms with Gasteiger partial charge in [0.05, 0.1) is 0 Å². The van der Waals surface area contributed by atoms with Crippen LogP contribution >= 0.6 is 11.3 Å². The highest BCUT2D eigenvalue weighted by Gasteiger charge is 2.24. The van der Waals surface area contributed by atoms with Crippen molar-refractivity contribution in [3.63, 3.8) is 0 Å². The van der Waals surface area contributed by atoms with Gasteiger partial charge in [-0.15, -0.1) is 11.3 Å². The zero-order valence-corrected chi connectivity index (χ0v) is 13.1. The van der Waals surface area contributed by atoms with E-state index in [1.54, 1.807) is 0 Å². The molecule has 1 aromatic heterocycles. The first-order valence-electron chi connectivity index (χ1n) is 7.65. The maximum atomic E-state index is 12.3. The van der Waals surface area contributed by atoms with Crippen LogP contribution < -0.4 is 5.73 Å². The minimum atomic E-state index is -0.184. The second-order valence-electron chi connectivity index (χ2n) is 5.88. The maximum Gasteiger partial charge on any atom is 0.348 e. The lowest BCUT2D eigenvalue weighted by atomic mass is 9.85. The maximum absolute atomic E-state index is 12.3. The van der Waals surface area contributed by atoms with Gasteiger partial charge in [0.1, 0.15) is 11.0 Å². The molecular formula is C17H21NO2S. The summed E-state index contributed by atoms with van der Waals surface area (Å²) in [5.74, 6) is 0.523. The normalized spacial score (nSPS) is 22.3. The Balaban J connectivity index is 1.71. The lowest BCUT2D eigenvalue weighted by molar-refractivity contribution is 0.0145. The van der Waals surface area contributed by atoms with E-state index >= 15 is 0 Å². The topological polar surface area (TPSA) is 52.3 Å². The van der Waals surface area contributed by atoms with Gasteiger partial charge in [0.25, 0.3) is 0 Å². The molecule has 2 atom stereocenters. The lowest BCUT2D eigenvalue weighted by Gasteiger charge is -2.27. The third-order valence-electron chi connectivity index (χ3n) is 4.33. The van der Waals surface area contributed by atoms with Crippen molar-refractivity contribution in [1.29, 1.82) is 0 Å². The van der Waals surface area contributed by atoms with Gasteiger partial charge in [-0.05, 0) is 54.8 Å². The Bertz CT molecular complexity index is 649. The molecule has 3 nitrogen and oxygen atoms in total. The summed E-state index contributed by atoms with van der Waals surface area (Å²) in [6.45, 7) is 2.21. The summed E-state index contributed by atoms with van der Waals surface area (Å²) in [5, 5.41) is 1.02. The number of benzene rings is 1. The molecule has 1 saturated carbocycles. The zero-order valence-electron chi connectivity index (χ0n) is 12.3. The number of hydrogen-bond donors (Lipinski definition) is 1. The predicted octanol–water partition coefficient (Wildman–Crippen LogP) is 4.61. The first-order valence-corrected chi connectivity index (χ1v) is 8.47. The molecule has 1 aliphatic rings. The SMILES string of the molecule is CCC1CCCC(OC(=O)c2cc3cc(N)ccc3s2)C1. The van der Waals surface area contributed by atoms with Crippen molar-refractivity contribution in [1.82, 2.24) is 0 Å². The van der Waals surface area contributed by atoms with Crippen LogP contribution in [0.1, 0.15) is 48.7 Å². The van der Waals surface area contributed by atoms with Crippen LogP contribution in [0.25, 0.3) is 10.1 Å². The van der Waals surface area contributed by atoms with Crippen LogP contribution in [0, 0.1) is 5.92 Å². The van der Waals surface area contributed by atoms with Crippen molar-refractivity contribution >= 4 is 33.1 Å². The Hall–Kier alpha value is -1.55. The largest absolute Gasteiger partial charge is 0.458 e. The molecular weight excluding hydrogens is 282 g/mol. The third-order valence-corrected chi connectivity index (χ3v) is 5.42. The molecule has 0 amide bonds. The molecule has 1 aromatic carbocycles. The lowest BCUT2D eigenvalue weighted by Crippen LogP contribution is -2.25. The molecule has 3 rings (SSSR count). The predicted molar refractivity (Wildman–Crippen MR) is 87.7 cm³/mol. The van der Waals surface area contributed by atoms with Crippen molar-refractivity contribution in [2.75, 3.05) is 5.73 Å². The van der Waals surface area contributed by atoms with Gasteiger partial charge >= 0.3 is 5.97 Å². The van der Waals surface area contributed by atoms with Gasteiger partial charge in [0, 0.05) is 10.4 Å². The van der Waals surface area contributed by atoms with Crippen molar-refractivity contribution < 1.29 is 9.53 Å². The Morgan fingerprint density at radius 2 is 2.24 bits per heavy atom. The number of anilines is 1. The molecule has 0 saturated heterocycles. The zero-order chi connectivity index (χ0) is 14.8. The number of thiophene rings is 1. The smallest absolute Gasteiger partial charge is 0.348 e. The number of rotatable bonds is 3. The summed E-state index contributed by atoms with van der Waals surface area (Å²) < 4.78 is 6.78. The molecule has 21 heavy (non-hydrogen) atoms. The van der Waals surface area contributed by atoms with Crippen LogP contribution in [0.3, 0.4) is 0 Å². The fraction of sp³-hybridized carbons (Fsp3) is 0.471. The quantitative estimate of drug-likeness (QED) is 0.665. The van der Waals surface area contributed by atoms with Gasteiger partial charge in [0.2, 0.25) is 0 Å². The number of fused-ring (bicyclic) bond motifs is 1. The van der Waals surface area contributed by atoms with Gasteiger partial charge < -0.3 is 10.5 Å². The molecule has 0 aliphatic heterocycles. The highest BCUT2D eigenvalue weighted by Crippen LogP contribution is 2.31. The number of hydrogen-bond acceptors (Lipinski definition) is 4. The van der Waals surface area contributed by atoms with E-state index in [4.69, 9.17) is 10.5 Å². The van der Waals surface area contributed by atoms with E-state index in [1.807, 2.05) is 24.3 Å². The summed E-state index contributed by atoms with van der Waals surface area (Å²) in [6.07, 6.45) is 5.72. The molecule has 1 heterocycles. The second-order valence-corrected chi connectivity index (χ2v) is 6.96. The molecule has 2 N–H and O–H groups in total. The molecule has 2 unspecified atom stereocenters. The van der Waals surface area contributed by atoms with Gasteiger partial charge in [0.15, 0.2) is 0 Å². The van der Waals surface area contributed by atoms with Crippen LogP contribution in [0.15, 0.2) is 24.3 Å². The Morgan fingerprint density at radius 1 is 1.38 bits per heavy atom. The van der Waals surface area contributed by atoms with Crippen LogP contribution in [0.5, 0.6) is 0 Å². The van der Waals surface area contributed by atoms with Gasteiger partial charge in [-0.25, -0.2) is 4.79 Å². The van der Waals surface area contributed by atoms with Crippen molar-refractivity contribution in [3.05, 3.63) is 29.1 Å². The number of nitrogen functional groups attached to an aromatic ring is 1. The summed E-state index contributed by atoms with van der Waals surface area (Å²) >= 11 is 1.48. The van der Waals surface area contributed by atoms with Crippen LogP contribution in [0.4, 0.5) is 5.69 Å². The first-order chi connectivity index (χ1) is 10.2. The number of nitrogens with two attached hydrogens (primary N) is 1. The number of carbonyl (C=O) groups excluding carboxylic acids is 1.